The van der Waals surface area contributed by atoms with Gasteiger partial charge < -0.3 is 5.11 Å². The lowest BCUT2D eigenvalue weighted by molar-refractivity contribution is 0.282. The Morgan fingerprint density at radius 1 is 1.59 bits per heavy atom. The van der Waals surface area contributed by atoms with Crippen LogP contribution in [0, 0.1) is 0 Å². The molecule has 7 heteroatoms. The van der Waals surface area contributed by atoms with Crippen molar-refractivity contribution in [2.75, 3.05) is 18.6 Å². The number of hydrogen-bond donors (Lipinski definition) is 1. The van der Waals surface area contributed by atoms with Crippen molar-refractivity contribution in [3.8, 4) is 0 Å². The maximum Gasteiger partial charge on any atom is 0.244 e. The van der Waals surface area contributed by atoms with Crippen LogP contribution in [0.15, 0.2) is 16.3 Å². The van der Waals surface area contributed by atoms with E-state index >= 15 is 0 Å². The highest BCUT2D eigenvalue weighted by molar-refractivity contribution is 7.99. The first-order valence-electron chi connectivity index (χ1n) is 5.30. The van der Waals surface area contributed by atoms with Crippen LogP contribution >= 0.6 is 23.1 Å². The van der Waals surface area contributed by atoms with Gasteiger partial charge in [-0.2, -0.15) is 16.1 Å². The molecule has 1 aromatic heterocycles. The van der Waals surface area contributed by atoms with Crippen LogP contribution in [0.2, 0.25) is 0 Å². The maximum atomic E-state index is 12.4. The number of nitrogens with zero attached hydrogens (tertiary/aromatic N) is 1. The molecular weight excluding hydrogens is 278 g/mol. The van der Waals surface area contributed by atoms with Crippen molar-refractivity contribution in [3.63, 3.8) is 0 Å². The van der Waals surface area contributed by atoms with E-state index in [9.17, 15) is 8.42 Å². The minimum Gasteiger partial charge on any atom is -0.391 e. The quantitative estimate of drug-likeness (QED) is 0.911. The van der Waals surface area contributed by atoms with Gasteiger partial charge in [-0.05, 0) is 23.6 Å². The van der Waals surface area contributed by atoms with Crippen LogP contribution in [-0.2, 0) is 16.6 Å². The van der Waals surface area contributed by atoms with Crippen LogP contribution in [0.4, 0.5) is 0 Å². The van der Waals surface area contributed by atoms with E-state index in [1.165, 1.54) is 15.6 Å². The van der Waals surface area contributed by atoms with Crippen molar-refractivity contribution in [2.24, 2.45) is 0 Å². The van der Waals surface area contributed by atoms with Crippen molar-refractivity contribution in [2.45, 2.75) is 24.0 Å². The molecule has 1 N–H and O–H groups in total. The van der Waals surface area contributed by atoms with E-state index in [2.05, 4.69) is 0 Å². The topological polar surface area (TPSA) is 57.6 Å². The third-order valence-electron chi connectivity index (χ3n) is 2.93. The monoisotopic (exact) mass is 293 g/mol. The third kappa shape index (κ3) is 2.53. The average molecular weight is 293 g/mol. The van der Waals surface area contributed by atoms with Crippen molar-refractivity contribution in [1.29, 1.82) is 0 Å². The fourth-order valence-corrected chi connectivity index (χ4v) is 5.84. The number of aliphatic hydroxyl groups is 1. The summed E-state index contributed by atoms with van der Waals surface area (Å²) in [5.74, 6) is 1.87. The van der Waals surface area contributed by atoms with Crippen LogP contribution in [0.3, 0.4) is 0 Å². The molecule has 0 aliphatic carbocycles. The summed E-state index contributed by atoms with van der Waals surface area (Å²) in [5, 5.41) is 10.8. The van der Waals surface area contributed by atoms with Gasteiger partial charge in [-0.1, -0.05) is 0 Å². The highest BCUT2D eigenvalue weighted by Crippen LogP contribution is 2.29. The molecule has 1 aliphatic heterocycles. The van der Waals surface area contributed by atoms with Gasteiger partial charge in [-0.25, -0.2) is 8.42 Å². The van der Waals surface area contributed by atoms with E-state index in [1.54, 1.807) is 30.3 Å². The van der Waals surface area contributed by atoms with E-state index in [-0.39, 0.29) is 17.5 Å². The van der Waals surface area contributed by atoms with Crippen LogP contribution in [-0.4, -0.2) is 42.4 Å². The number of thioether (sulfide) groups is 1. The zero-order chi connectivity index (χ0) is 12.5. The van der Waals surface area contributed by atoms with Gasteiger partial charge in [0.2, 0.25) is 10.0 Å². The van der Waals surface area contributed by atoms with Crippen LogP contribution < -0.4 is 0 Å². The Morgan fingerprint density at radius 3 is 2.94 bits per heavy atom. The molecule has 0 spiro atoms. The second kappa shape index (κ2) is 5.27. The summed E-state index contributed by atoms with van der Waals surface area (Å²) in [6, 6.07) is 1.65. The van der Waals surface area contributed by atoms with E-state index in [4.69, 9.17) is 5.11 Å². The van der Waals surface area contributed by atoms with Gasteiger partial charge in [0.25, 0.3) is 0 Å². The number of aliphatic hydroxyl groups excluding tert-OH is 1. The summed E-state index contributed by atoms with van der Waals surface area (Å²) in [7, 11) is -1.82. The molecule has 0 saturated carbocycles. The minimum absolute atomic E-state index is 0.0800. The summed E-state index contributed by atoms with van der Waals surface area (Å²) >= 11 is 3.06. The zero-order valence-corrected chi connectivity index (χ0v) is 11.9. The lowest BCUT2D eigenvalue weighted by Crippen LogP contribution is -2.37. The molecule has 1 aliphatic rings. The SMILES string of the molecule is CN(C1CCSC1)S(=O)(=O)c1ccsc1CO. The van der Waals surface area contributed by atoms with Crippen LogP contribution in [0.25, 0.3) is 0 Å². The van der Waals surface area contributed by atoms with Gasteiger partial charge in [-0.15, -0.1) is 11.3 Å². The molecule has 1 atom stereocenters. The van der Waals surface area contributed by atoms with Crippen LogP contribution in [0.1, 0.15) is 11.3 Å². The molecule has 1 saturated heterocycles. The van der Waals surface area contributed by atoms with Crippen molar-refractivity contribution in [1.82, 2.24) is 4.31 Å². The molecule has 0 amide bonds. The van der Waals surface area contributed by atoms with Gasteiger partial charge in [0.15, 0.2) is 0 Å². The summed E-state index contributed by atoms with van der Waals surface area (Å²) in [5.41, 5.74) is 0. The molecule has 1 fully saturated rings. The molecule has 0 radical (unpaired) electrons. The second-order valence-electron chi connectivity index (χ2n) is 3.90. The van der Waals surface area contributed by atoms with Gasteiger partial charge in [-0.3, -0.25) is 0 Å². The van der Waals surface area contributed by atoms with Gasteiger partial charge in [0, 0.05) is 23.7 Å². The standard InChI is InChI=1S/C10H15NO3S3/c1-11(8-2-4-15-7-8)17(13,14)10-3-5-16-9(10)6-12/h3,5,8,12H,2,4,6-7H2,1H3. The summed E-state index contributed by atoms with van der Waals surface area (Å²) in [6.07, 6.45) is 0.902. The van der Waals surface area contributed by atoms with Gasteiger partial charge in [0.05, 0.1) is 11.5 Å². The molecular formula is C10H15NO3S3. The van der Waals surface area contributed by atoms with E-state index in [1.807, 2.05) is 0 Å². The number of sulfonamides is 1. The predicted octanol–water partition coefficient (Wildman–Crippen LogP) is 1.37. The Morgan fingerprint density at radius 2 is 2.35 bits per heavy atom. The fraction of sp³-hybridized carbons (Fsp3) is 0.600. The van der Waals surface area contributed by atoms with Crippen molar-refractivity contribution >= 4 is 33.1 Å². The minimum atomic E-state index is -3.45. The third-order valence-corrected chi connectivity index (χ3v) is 7.10. The number of hydrogen-bond acceptors (Lipinski definition) is 5. The molecule has 96 valence electrons. The first-order chi connectivity index (χ1) is 8.07. The first kappa shape index (κ1) is 13.4. The van der Waals surface area contributed by atoms with Crippen molar-refractivity contribution < 1.29 is 13.5 Å². The molecule has 4 nitrogen and oxygen atoms in total. The molecule has 2 heterocycles. The molecule has 0 aromatic carbocycles. The Balaban J connectivity index is 2.29. The zero-order valence-electron chi connectivity index (χ0n) is 9.50. The maximum absolute atomic E-state index is 12.4. The molecule has 17 heavy (non-hydrogen) atoms. The number of rotatable bonds is 4. The first-order valence-corrected chi connectivity index (χ1v) is 8.78. The lowest BCUT2D eigenvalue weighted by atomic mass is 10.3. The summed E-state index contributed by atoms with van der Waals surface area (Å²) in [6.45, 7) is -0.223. The highest BCUT2D eigenvalue weighted by atomic mass is 32.2. The Kier molecular flexibility index (Phi) is 4.14. The predicted molar refractivity (Wildman–Crippen MR) is 70.9 cm³/mol. The smallest absolute Gasteiger partial charge is 0.244 e. The molecule has 0 bridgehead atoms. The van der Waals surface area contributed by atoms with E-state index in [0.717, 1.165) is 17.9 Å². The van der Waals surface area contributed by atoms with Gasteiger partial charge >= 0.3 is 0 Å². The highest BCUT2D eigenvalue weighted by Gasteiger charge is 2.32. The van der Waals surface area contributed by atoms with Crippen molar-refractivity contribution in [3.05, 3.63) is 16.3 Å². The molecule has 1 aromatic rings. The molecule has 1 unspecified atom stereocenters. The largest absolute Gasteiger partial charge is 0.391 e. The Hall–Kier alpha value is -0.0800. The lowest BCUT2D eigenvalue weighted by Gasteiger charge is -2.23. The summed E-state index contributed by atoms with van der Waals surface area (Å²) in [4.78, 5) is 0.770. The fourth-order valence-electron chi connectivity index (χ4n) is 1.83. The van der Waals surface area contributed by atoms with Crippen LogP contribution in [0.5, 0.6) is 0 Å². The molecule has 2 rings (SSSR count). The second-order valence-corrected chi connectivity index (χ2v) is 8.02. The summed E-state index contributed by atoms with van der Waals surface area (Å²) < 4.78 is 26.2. The van der Waals surface area contributed by atoms with E-state index < -0.39 is 10.0 Å². The Labute approximate surface area is 110 Å². The normalized spacial score (nSPS) is 21.2. The van der Waals surface area contributed by atoms with E-state index in [0.29, 0.717) is 4.88 Å². The Bertz CT molecular complexity index is 477. The average Bonchev–Trinajstić information content (AvgIpc) is 2.98. The number of thiophene rings is 1. The van der Waals surface area contributed by atoms with Gasteiger partial charge in [0.1, 0.15) is 0 Å².